The fraction of sp³-hybridized carbons (Fsp3) is 0.500. The number of carboxylic acids is 1. The molecule has 0 unspecified atom stereocenters. The average Bonchev–Trinajstić information content (AvgIpc) is 3.12. The standard InChI is InChI=1S/C34H47N7O3.C2HF3O2/c1-41(34(44)39-21-23-9-8-14-27(19-23)31(37)38)33(43)29(25-12-6-3-7-13-25)40-32(42)28(24-10-4-2-5-11-24)20-22-15-17-26(18-16-22)30(35)36;3-2(4,5)1(6)7/h8-9,14-19,24-25,28-29H,2-7,10-13,20-21H2,1H3,(H3,35,36)(H3,37,38)(H,39,44)(H,40,42);(H,6,7)/t28-,29+;/m1./s1. The van der Waals surface area contributed by atoms with Crippen LogP contribution in [0.1, 0.15) is 86.5 Å². The number of urea groups is 1. The Hall–Kier alpha value is -4.95. The first-order valence-electron chi connectivity index (χ1n) is 17.1. The number of carbonyl (C=O) groups is 4. The molecule has 0 saturated heterocycles. The lowest BCUT2D eigenvalue weighted by Crippen LogP contribution is -2.56. The summed E-state index contributed by atoms with van der Waals surface area (Å²) in [6.45, 7) is 0.171. The lowest BCUT2D eigenvalue weighted by Gasteiger charge is -2.35. The molecule has 2 aromatic rings. The van der Waals surface area contributed by atoms with Crippen LogP contribution in [-0.2, 0) is 27.3 Å². The molecule has 278 valence electrons. The molecular formula is C36H48F3N7O5. The van der Waals surface area contributed by atoms with Crippen LogP contribution in [-0.4, -0.2) is 64.8 Å². The zero-order valence-corrected chi connectivity index (χ0v) is 28.7. The van der Waals surface area contributed by atoms with E-state index in [4.69, 9.17) is 32.2 Å². The predicted octanol–water partition coefficient (Wildman–Crippen LogP) is 5.06. The molecule has 0 spiro atoms. The Balaban J connectivity index is 0.000000908. The molecule has 9 N–H and O–H groups in total. The van der Waals surface area contributed by atoms with Crippen LogP contribution in [0, 0.1) is 28.6 Å². The van der Waals surface area contributed by atoms with Crippen molar-refractivity contribution in [2.75, 3.05) is 7.05 Å². The minimum atomic E-state index is -5.08. The van der Waals surface area contributed by atoms with Gasteiger partial charge in [-0.25, -0.2) is 9.59 Å². The summed E-state index contributed by atoms with van der Waals surface area (Å²) in [6, 6.07) is 13.2. The molecule has 0 bridgehead atoms. The van der Waals surface area contributed by atoms with Crippen molar-refractivity contribution >= 4 is 35.5 Å². The molecule has 2 aliphatic rings. The van der Waals surface area contributed by atoms with Crippen LogP contribution in [0.3, 0.4) is 0 Å². The van der Waals surface area contributed by atoms with Gasteiger partial charge in [-0.15, -0.1) is 0 Å². The third kappa shape index (κ3) is 12.4. The fourth-order valence-electron chi connectivity index (χ4n) is 6.65. The molecule has 15 heteroatoms. The molecule has 4 amide bonds. The van der Waals surface area contributed by atoms with Gasteiger partial charge in [0.1, 0.15) is 17.7 Å². The van der Waals surface area contributed by atoms with Gasteiger partial charge < -0.3 is 27.2 Å². The monoisotopic (exact) mass is 715 g/mol. The van der Waals surface area contributed by atoms with Gasteiger partial charge in [0.15, 0.2) is 0 Å². The van der Waals surface area contributed by atoms with Gasteiger partial charge >= 0.3 is 18.2 Å². The van der Waals surface area contributed by atoms with E-state index >= 15 is 0 Å². The largest absolute Gasteiger partial charge is 0.490 e. The molecule has 0 heterocycles. The molecule has 2 fully saturated rings. The van der Waals surface area contributed by atoms with Gasteiger partial charge in [-0.3, -0.25) is 25.3 Å². The van der Waals surface area contributed by atoms with Crippen LogP contribution < -0.4 is 22.1 Å². The smallest absolute Gasteiger partial charge is 0.475 e. The van der Waals surface area contributed by atoms with Crippen LogP contribution in [0.5, 0.6) is 0 Å². The molecule has 2 atom stereocenters. The Bertz CT molecular complexity index is 1540. The third-order valence-corrected chi connectivity index (χ3v) is 9.52. The van der Waals surface area contributed by atoms with E-state index in [-0.39, 0.29) is 41.9 Å². The van der Waals surface area contributed by atoms with Gasteiger partial charge in [-0.2, -0.15) is 13.2 Å². The lowest BCUT2D eigenvalue weighted by atomic mass is 9.76. The summed E-state index contributed by atoms with van der Waals surface area (Å²) in [5.74, 6) is -3.48. The van der Waals surface area contributed by atoms with Crippen molar-refractivity contribution in [3.63, 3.8) is 0 Å². The number of nitrogens with zero attached hydrogens (tertiary/aromatic N) is 1. The second-order valence-corrected chi connectivity index (χ2v) is 13.2. The number of likely N-dealkylation sites (N-methyl/N-ethyl adjacent to an activating group) is 1. The number of imide groups is 1. The maximum Gasteiger partial charge on any atom is 0.490 e. The highest BCUT2D eigenvalue weighted by Crippen LogP contribution is 2.33. The van der Waals surface area contributed by atoms with Crippen molar-refractivity contribution in [3.05, 3.63) is 70.8 Å². The van der Waals surface area contributed by atoms with E-state index in [1.165, 1.54) is 13.5 Å². The van der Waals surface area contributed by atoms with Crippen LogP contribution >= 0.6 is 0 Å². The summed E-state index contributed by atoms with van der Waals surface area (Å²) >= 11 is 0. The molecule has 0 radical (unpaired) electrons. The lowest BCUT2D eigenvalue weighted by molar-refractivity contribution is -0.192. The summed E-state index contributed by atoms with van der Waals surface area (Å²) in [6.07, 6.45) is 5.45. The van der Waals surface area contributed by atoms with Gasteiger partial charge in [0.05, 0.1) is 0 Å². The maximum atomic E-state index is 14.1. The zero-order chi connectivity index (χ0) is 37.7. The Labute approximate surface area is 295 Å². The van der Waals surface area contributed by atoms with Gasteiger partial charge in [0.25, 0.3) is 5.91 Å². The van der Waals surface area contributed by atoms with Crippen molar-refractivity contribution < 1.29 is 37.5 Å². The Morgan fingerprint density at radius 1 is 0.843 bits per heavy atom. The Morgan fingerprint density at radius 2 is 1.37 bits per heavy atom. The summed E-state index contributed by atoms with van der Waals surface area (Å²) in [4.78, 5) is 51.1. The van der Waals surface area contributed by atoms with E-state index in [9.17, 15) is 27.6 Å². The third-order valence-electron chi connectivity index (χ3n) is 9.52. The number of aliphatic carboxylic acids is 1. The first-order chi connectivity index (χ1) is 24.1. The van der Waals surface area contributed by atoms with Gasteiger partial charge in [0.2, 0.25) is 5.91 Å². The molecule has 4 rings (SSSR count). The van der Waals surface area contributed by atoms with E-state index in [1.807, 2.05) is 30.3 Å². The molecule has 2 aromatic carbocycles. The van der Waals surface area contributed by atoms with Crippen LogP contribution in [0.15, 0.2) is 48.5 Å². The second kappa shape index (κ2) is 18.9. The molecule has 2 aliphatic carbocycles. The number of benzene rings is 2. The maximum absolute atomic E-state index is 14.1. The number of amidine groups is 2. The number of halogens is 3. The highest BCUT2D eigenvalue weighted by molar-refractivity contribution is 5.99. The number of rotatable bonds is 11. The number of carboxylic acid groups (broad SMARTS) is 1. The van der Waals surface area contributed by atoms with Crippen molar-refractivity contribution in [3.8, 4) is 0 Å². The van der Waals surface area contributed by atoms with Crippen LogP contribution in [0.25, 0.3) is 0 Å². The highest BCUT2D eigenvalue weighted by atomic mass is 19.4. The van der Waals surface area contributed by atoms with Crippen molar-refractivity contribution in [1.29, 1.82) is 10.8 Å². The zero-order valence-electron chi connectivity index (χ0n) is 28.7. The summed E-state index contributed by atoms with van der Waals surface area (Å²) < 4.78 is 31.7. The highest BCUT2D eigenvalue weighted by Gasteiger charge is 2.39. The fourth-order valence-corrected chi connectivity index (χ4v) is 6.65. The molecule has 2 saturated carbocycles. The number of nitrogen functional groups attached to an aromatic ring is 2. The SMILES string of the molecule is CN(C(=O)NCc1cccc(C(=N)N)c1)C(=O)[C@@H](NC(=O)[C@H](Cc1ccc(C(=N)N)cc1)C1CCCCC1)C1CCCCC1.O=C(O)C(F)(F)F. The predicted molar refractivity (Wildman–Crippen MR) is 186 cm³/mol. The number of hydrogen-bond donors (Lipinski definition) is 7. The normalized spacial score (nSPS) is 16.4. The minimum absolute atomic E-state index is 0.00435. The number of hydrogen-bond acceptors (Lipinski definition) is 6. The number of alkyl halides is 3. The number of nitrogens with one attached hydrogen (secondary N) is 4. The molecule has 0 aliphatic heterocycles. The quantitative estimate of drug-likeness (QED) is 0.124. The van der Waals surface area contributed by atoms with Crippen molar-refractivity contribution in [2.45, 2.75) is 89.4 Å². The summed E-state index contributed by atoms with van der Waals surface area (Å²) in [5, 5.41) is 28.4. The first-order valence-corrected chi connectivity index (χ1v) is 17.1. The molecular weight excluding hydrogens is 667 g/mol. The van der Waals surface area contributed by atoms with E-state index in [0.717, 1.165) is 73.8 Å². The number of amides is 4. The van der Waals surface area contributed by atoms with Crippen LogP contribution in [0.4, 0.5) is 18.0 Å². The second-order valence-electron chi connectivity index (χ2n) is 13.2. The van der Waals surface area contributed by atoms with E-state index < -0.39 is 30.1 Å². The van der Waals surface area contributed by atoms with E-state index in [0.29, 0.717) is 17.5 Å². The summed E-state index contributed by atoms with van der Waals surface area (Å²) in [5.41, 5.74) is 14.2. The van der Waals surface area contributed by atoms with Gasteiger partial charge in [-0.1, -0.05) is 81.0 Å². The van der Waals surface area contributed by atoms with Gasteiger partial charge in [0, 0.05) is 30.6 Å². The number of nitrogens with two attached hydrogens (primary N) is 2. The van der Waals surface area contributed by atoms with Crippen molar-refractivity contribution in [2.24, 2.45) is 29.2 Å². The van der Waals surface area contributed by atoms with Gasteiger partial charge in [-0.05, 0) is 61.1 Å². The van der Waals surface area contributed by atoms with E-state index in [2.05, 4.69) is 10.6 Å². The average molecular weight is 716 g/mol. The Kier molecular flexibility index (Phi) is 15.0. The van der Waals surface area contributed by atoms with Crippen LogP contribution in [0.2, 0.25) is 0 Å². The van der Waals surface area contributed by atoms with Crippen molar-refractivity contribution in [1.82, 2.24) is 15.5 Å². The molecule has 12 nitrogen and oxygen atoms in total. The molecule has 51 heavy (non-hydrogen) atoms. The minimum Gasteiger partial charge on any atom is -0.475 e. The first kappa shape index (κ1) is 40.5. The summed E-state index contributed by atoms with van der Waals surface area (Å²) in [7, 11) is 1.46. The molecule has 0 aromatic heterocycles. The Morgan fingerprint density at radius 3 is 1.88 bits per heavy atom. The topological polar surface area (TPSA) is 216 Å². The number of carbonyl (C=O) groups excluding carboxylic acids is 3. The van der Waals surface area contributed by atoms with E-state index in [1.54, 1.807) is 18.2 Å².